The van der Waals surface area contributed by atoms with E-state index in [-0.39, 0.29) is 36.2 Å². The number of halogens is 2. The number of nitrogens with two attached hydrogens (primary N) is 2. The lowest BCUT2D eigenvalue weighted by Crippen LogP contribution is -2.44. The van der Waals surface area contributed by atoms with Crippen LogP contribution in [-0.4, -0.2) is 47.2 Å². The first kappa shape index (κ1) is 23.0. The van der Waals surface area contributed by atoms with Gasteiger partial charge in [0.25, 0.3) is 0 Å². The van der Waals surface area contributed by atoms with E-state index in [0.29, 0.717) is 25.8 Å². The molecule has 0 spiro atoms. The summed E-state index contributed by atoms with van der Waals surface area (Å²) in [6, 6.07) is -0.855. The van der Waals surface area contributed by atoms with Gasteiger partial charge in [0, 0.05) is 37.3 Å². The quantitative estimate of drug-likeness (QED) is 0.476. The SMILES string of the molecule is CC(N)C(=O)NCC1(C)CCN(c2c(F)c(N)c3c(=O)c(C(=O)O)cn(C4CC4)c3c2F)C1. The highest BCUT2D eigenvalue weighted by Gasteiger charge is 2.39. The molecule has 2 fully saturated rings. The highest BCUT2D eigenvalue weighted by atomic mass is 19.1. The third-order valence-electron chi connectivity index (χ3n) is 6.51. The van der Waals surface area contributed by atoms with Crippen LogP contribution in [0.5, 0.6) is 0 Å². The fraction of sp³-hybridized carbons (Fsp3) is 0.500. The van der Waals surface area contributed by atoms with Gasteiger partial charge in [-0.3, -0.25) is 9.59 Å². The molecule has 0 bridgehead atoms. The molecule has 33 heavy (non-hydrogen) atoms. The molecule has 2 aromatic rings. The summed E-state index contributed by atoms with van der Waals surface area (Å²) in [6.07, 6.45) is 3.04. The number of fused-ring (bicyclic) bond motifs is 1. The summed E-state index contributed by atoms with van der Waals surface area (Å²) < 4.78 is 32.6. The maximum atomic E-state index is 15.9. The van der Waals surface area contributed by atoms with Gasteiger partial charge in [-0.25, -0.2) is 13.6 Å². The summed E-state index contributed by atoms with van der Waals surface area (Å²) in [5, 5.41) is 11.7. The molecule has 2 heterocycles. The normalized spacial score (nSPS) is 21.4. The van der Waals surface area contributed by atoms with E-state index < -0.39 is 51.1 Å². The van der Waals surface area contributed by atoms with E-state index in [0.717, 1.165) is 6.20 Å². The van der Waals surface area contributed by atoms with Crippen molar-refractivity contribution in [3.63, 3.8) is 0 Å². The summed E-state index contributed by atoms with van der Waals surface area (Å²) in [6.45, 7) is 4.30. The summed E-state index contributed by atoms with van der Waals surface area (Å²) in [5.74, 6) is -3.83. The molecule has 1 aromatic carbocycles. The van der Waals surface area contributed by atoms with Crippen LogP contribution in [0.4, 0.5) is 20.2 Å². The van der Waals surface area contributed by atoms with E-state index in [1.807, 2.05) is 6.92 Å². The Hall–Kier alpha value is -3.21. The molecule has 4 rings (SSSR count). The van der Waals surface area contributed by atoms with Crippen molar-refractivity contribution in [3.05, 3.63) is 33.6 Å². The molecule has 178 valence electrons. The molecule has 6 N–H and O–H groups in total. The first-order valence-electron chi connectivity index (χ1n) is 10.8. The van der Waals surface area contributed by atoms with E-state index in [9.17, 15) is 19.5 Å². The summed E-state index contributed by atoms with van der Waals surface area (Å²) in [4.78, 5) is 37.7. The van der Waals surface area contributed by atoms with E-state index in [2.05, 4.69) is 5.32 Å². The lowest BCUT2D eigenvalue weighted by molar-refractivity contribution is -0.122. The number of benzene rings is 1. The van der Waals surface area contributed by atoms with Crippen LogP contribution in [-0.2, 0) is 4.79 Å². The number of aromatic carboxylic acids is 1. The Morgan fingerprint density at radius 3 is 2.58 bits per heavy atom. The summed E-state index contributed by atoms with van der Waals surface area (Å²) in [5.41, 5.74) is 8.40. The number of anilines is 2. The molecule has 1 aromatic heterocycles. The number of amides is 1. The zero-order chi connectivity index (χ0) is 24.2. The van der Waals surface area contributed by atoms with Crippen LogP contribution >= 0.6 is 0 Å². The van der Waals surface area contributed by atoms with Crippen LogP contribution in [0.15, 0.2) is 11.0 Å². The average molecular weight is 463 g/mol. The minimum Gasteiger partial charge on any atom is -0.477 e. The van der Waals surface area contributed by atoms with Crippen LogP contribution in [0.3, 0.4) is 0 Å². The number of carboxylic acids is 1. The van der Waals surface area contributed by atoms with Crippen LogP contribution in [0.1, 0.15) is 49.5 Å². The van der Waals surface area contributed by atoms with Gasteiger partial charge in [0.15, 0.2) is 11.6 Å². The van der Waals surface area contributed by atoms with E-state index in [4.69, 9.17) is 11.5 Å². The van der Waals surface area contributed by atoms with Gasteiger partial charge in [0.1, 0.15) is 11.3 Å². The monoisotopic (exact) mass is 463 g/mol. The van der Waals surface area contributed by atoms with Crippen LogP contribution in [0, 0.1) is 17.0 Å². The van der Waals surface area contributed by atoms with Gasteiger partial charge in [0.2, 0.25) is 11.3 Å². The predicted octanol–water partition coefficient (Wildman–Crippen LogP) is 1.57. The number of carbonyl (C=O) groups is 2. The van der Waals surface area contributed by atoms with E-state index in [1.165, 1.54) is 9.47 Å². The molecule has 1 saturated carbocycles. The highest BCUT2D eigenvalue weighted by Crippen LogP contribution is 2.43. The number of aromatic nitrogens is 1. The van der Waals surface area contributed by atoms with Crippen molar-refractivity contribution in [3.8, 4) is 0 Å². The molecule has 2 atom stereocenters. The molecule has 1 aliphatic heterocycles. The minimum atomic E-state index is -1.48. The summed E-state index contributed by atoms with van der Waals surface area (Å²) >= 11 is 0. The summed E-state index contributed by atoms with van der Waals surface area (Å²) in [7, 11) is 0. The maximum absolute atomic E-state index is 15.9. The topological polar surface area (TPSA) is 144 Å². The Bertz CT molecular complexity index is 1220. The molecule has 2 unspecified atom stereocenters. The number of nitrogens with one attached hydrogen (secondary N) is 1. The van der Waals surface area contributed by atoms with Crippen molar-refractivity contribution in [2.75, 3.05) is 30.3 Å². The molecule has 1 aliphatic carbocycles. The maximum Gasteiger partial charge on any atom is 0.341 e. The zero-order valence-electron chi connectivity index (χ0n) is 18.5. The van der Waals surface area contributed by atoms with Crippen molar-refractivity contribution in [2.45, 2.75) is 45.2 Å². The fourth-order valence-electron chi connectivity index (χ4n) is 4.44. The van der Waals surface area contributed by atoms with Crippen molar-refractivity contribution in [1.29, 1.82) is 0 Å². The second-order valence-electron chi connectivity index (χ2n) is 9.42. The van der Waals surface area contributed by atoms with Crippen molar-refractivity contribution in [2.24, 2.45) is 11.1 Å². The van der Waals surface area contributed by atoms with Gasteiger partial charge < -0.3 is 31.4 Å². The minimum absolute atomic E-state index is 0.180. The Labute approximate surface area is 188 Å². The van der Waals surface area contributed by atoms with Crippen molar-refractivity contribution < 1.29 is 23.5 Å². The van der Waals surface area contributed by atoms with Gasteiger partial charge in [-0.05, 0) is 26.2 Å². The smallest absolute Gasteiger partial charge is 0.341 e. The molecule has 9 nitrogen and oxygen atoms in total. The Kier molecular flexibility index (Phi) is 5.55. The molecule has 1 saturated heterocycles. The second kappa shape index (κ2) is 7.98. The largest absolute Gasteiger partial charge is 0.477 e. The van der Waals surface area contributed by atoms with Gasteiger partial charge in [-0.15, -0.1) is 0 Å². The van der Waals surface area contributed by atoms with Crippen LogP contribution < -0.4 is 27.1 Å². The van der Waals surface area contributed by atoms with Crippen LogP contribution in [0.25, 0.3) is 10.9 Å². The molecule has 2 aliphatic rings. The number of hydrogen-bond donors (Lipinski definition) is 4. The Morgan fingerprint density at radius 1 is 1.33 bits per heavy atom. The first-order valence-corrected chi connectivity index (χ1v) is 10.8. The Morgan fingerprint density at radius 2 is 2.00 bits per heavy atom. The van der Waals surface area contributed by atoms with E-state index >= 15 is 8.78 Å². The number of rotatable bonds is 6. The standard InChI is InChI=1S/C22H27F2N5O4/c1-10(25)20(31)27-8-22(2)5-6-28(9-22)18-14(23)16(26)13-17(15(18)24)29(11-3-4-11)7-12(19(13)30)21(32)33/h7,10-11H,3-6,8-9,25-26H2,1-2H3,(H,27,31)(H,32,33). The van der Waals surface area contributed by atoms with Gasteiger partial charge >= 0.3 is 5.97 Å². The lowest BCUT2D eigenvalue weighted by Gasteiger charge is -2.27. The third kappa shape index (κ3) is 3.90. The van der Waals surface area contributed by atoms with E-state index in [1.54, 1.807) is 6.92 Å². The number of carboxylic acid groups (broad SMARTS) is 1. The molecular weight excluding hydrogens is 436 g/mol. The fourth-order valence-corrected chi connectivity index (χ4v) is 4.44. The Balaban J connectivity index is 1.80. The van der Waals surface area contributed by atoms with Gasteiger partial charge in [0.05, 0.1) is 22.6 Å². The molecule has 11 heteroatoms. The lowest BCUT2D eigenvalue weighted by atomic mass is 9.89. The average Bonchev–Trinajstić information content (AvgIpc) is 3.52. The van der Waals surface area contributed by atoms with Gasteiger partial charge in [-0.2, -0.15) is 0 Å². The highest BCUT2D eigenvalue weighted by molar-refractivity contribution is 5.99. The van der Waals surface area contributed by atoms with Gasteiger partial charge in [-0.1, -0.05) is 6.92 Å². The predicted molar refractivity (Wildman–Crippen MR) is 119 cm³/mol. The zero-order valence-corrected chi connectivity index (χ0v) is 18.5. The first-order chi connectivity index (χ1) is 15.4. The molecule has 0 radical (unpaired) electrons. The number of pyridine rings is 1. The van der Waals surface area contributed by atoms with Crippen molar-refractivity contribution >= 4 is 34.2 Å². The number of hydrogen-bond acceptors (Lipinski definition) is 6. The number of nitrogen functional groups attached to an aromatic ring is 1. The van der Waals surface area contributed by atoms with Crippen molar-refractivity contribution in [1.82, 2.24) is 9.88 Å². The molecular formula is C22H27F2N5O4. The number of nitrogens with zero attached hydrogens (tertiary/aromatic N) is 2. The van der Waals surface area contributed by atoms with Crippen LogP contribution in [0.2, 0.25) is 0 Å². The molecule has 1 amide bonds. The number of carbonyl (C=O) groups excluding carboxylic acids is 1. The second-order valence-corrected chi connectivity index (χ2v) is 9.42. The third-order valence-corrected chi connectivity index (χ3v) is 6.51.